The van der Waals surface area contributed by atoms with Gasteiger partial charge < -0.3 is 21.1 Å². The van der Waals surface area contributed by atoms with Gasteiger partial charge in [-0.25, -0.2) is 0 Å². The molecule has 4 N–H and O–H groups in total. The summed E-state index contributed by atoms with van der Waals surface area (Å²) >= 11 is 0. The standard InChI is InChI=1S/C19H24N4O3/c1-11(2)17(20)19(25)23-13-6-5-12(3)16(9-13)26-14-7-8-22-15(10-14)18(24)21-4/h5-11,17H,20H2,1-4H3,(H,21,24)(H,23,25)/t17-/m0/s1. The third kappa shape index (κ3) is 4.80. The van der Waals surface area contributed by atoms with Crippen LogP contribution >= 0.6 is 0 Å². The van der Waals surface area contributed by atoms with E-state index in [-0.39, 0.29) is 23.4 Å². The molecule has 2 amide bonds. The Kier molecular flexibility index (Phi) is 6.30. The Morgan fingerprint density at radius 1 is 1.19 bits per heavy atom. The largest absolute Gasteiger partial charge is 0.457 e. The fraction of sp³-hybridized carbons (Fsp3) is 0.316. The van der Waals surface area contributed by atoms with Crippen LogP contribution in [0.4, 0.5) is 5.69 Å². The van der Waals surface area contributed by atoms with Crippen LogP contribution in [0.15, 0.2) is 36.5 Å². The average molecular weight is 356 g/mol. The first-order valence-electron chi connectivity index (χ1n) is 8.35. The summed E-state index contributed by atoms with van der Waals surface area (Å²) in [7, 11) is 1.54. The molecule has 0 fully saturated rings. The molecule has 26 heavy (non-hydrogen) atoms. The van der Waals surface area contributed by atoms with Crippen LogP contribution in [-0.2, 0) is 4.79 Å². The van der Waals surface area contributed by atoms with Crippen LogP contribution in [-0.4, -0.2) is 29.9 Å². The lowest BCUT2D eigenvalue weighted by Gasteiger charge is -2.16. The molecule has 0 saturated carbocycles. The Morgan fingerprint density at radius 2 is 1.92 bits per heavy atom. The number of anilines is 1. The Morgan fingerprint density at radius 3 is 2.58 bits per heavy atom. The number of hydrogen-bond donors (Lipinski definition) is 3. The Balaban J connectivity index is 2.20. The van der Waals surface area contributed by atoms with E-state index in [9.17, 15) is 9.59 Å². The maximum Gasteiger partial charge on any atom is 0.269 e. The molecule has 0 bridgehead atoms. The van der Waals surface area contributed by atoms with E-state index in [0.717, 1.165) is 5.56 Å². The van der Waals surface area contributed by atoms with Gasteiger partial charge >= 0.3 is 0 Å². The van der Waals surface area contributed by atoms with Gasteiger partial charge in [0, 0.05) is 31.1 Å². The molecule has 0 spiro atoms. The minimum Gasteiger partial charge on any atom is -0.457 e. The van der Waals surface area contributed by atoms with Gasteiger partial charge in [-0.1, -0.05) is 19.9 Å². The number of hydrogen-bond acceptors (Lipinski definition) is 5. The first kappa shape index (κ1) is 19.4. The minimum absolute atomic E-state index is 0.0381. The zero-order valence-electron chi connectivity index (χ0n) is 15.4. The second-order valence-corrected chi connectivity index (χ2v) is 6.30. The highest BCUT2D eigenvalue weighted by molar-refractivity contribution is 5.95. The van der Waals surface area contributed by atoms with E-state index in [1.807, 2.05) is 26.8 Å². The smallest absolute Gasteiger partial charge is 0.269 e. The van der Waals surface area contributed by atoms with Gasteiger partial charge in [-0.3, -0.25) is 14.6 Å². The van der Waals surface area contributed by atoms with Crippen LogP contribution in [0.3, 0.4) is 0 Å². The molecule has 0 radical (unpaired) electrons. The highest BCUT2D eigenvalue weighted by Crippen LogP contribution is 2.28. The van der Waals surface area contributed by atoms with Crippen LogP contribution in [0.1, 0.15) is 29.9 Å². The zero-order valence-corrected chi connectivity index (χ0v) is 15.4. The van der Waals surface area contributed by atoms with Crippen molar-refractivity contribution in [2.24, 2.45) is 11.7 Å². The molecule has 0 aliphatic carbocycles. The van der Waals surface area contributed by atoms with Gasteiger partial charge in [0.1, 0.15) is 17.2 Å². The van der Waals surface area contributed by atoms with E-state index in [4.69, 9.17) is 10.5 Å². The number of carbonyl (C=O) groups is 2. The van der Waals surface area contributed by atoms with Gasteiger partial charge in [0.05, 0.1) is 6.04 Å². The van der Waals surface area contributed by atoms with Crippen LogP contribution < -0.4 is 21.1 Å². The normalized spacial score (nSPS) is 11.8. The number of aromatic nitrogens is 1. The van der Waals surface area contributed by atoms with Crippen molar-refractivity contribution in [3.8, 4) is 11.5 Å². The molecule has 1 atom stereocenters. The molecule has 1 heterocycles. The first-order chi connectivity index (χ1) is 12.3. The highest BCUT2D eigenvalue weighted by atomic mass is 16.5. The molecular weight excluding hydrogens is 332 g/mol. The van der Waals surface area contributed by atoms with E-state index >= 15 is 0 Å². The summed E-state index contributed by atoms with van der Waals surface area (Å²) in [6, 6.07) is 7.98. The first-order valence-corrected chi connectivity index (χ1v) is 8.35. The van der Waals surface area contributed by atoms with Crippen molar-refractivity contribution in [1.82, 2.24) is 10.3 Å². The molecule has 7 nitrogen and oxygen atoms in total. The topological polar surface area (TPSA) is 106 Å². The number of carbonyl (C=O) groups excluding carboxylic acids is 2. The zero-order chi connectivity index (χ0) is 19.3. The molecule has 1 aromatic heterocycles. The summed E-state index contributed by atoms with van der Waals surface area (Å²) < 4.78 is 5.87. The fourth-order valence-corrected chi connectivity index (χ4v) is 2.17. The maximum absolute atomic E-state index is 12.1. The third-order valence-corrected chi connectivity index (χ3v) is 3.90. The molecule has 138 valence electrons. The number of ether oxygens (including phenoxy) is 1. The fourth-order valence-electron chi connectivity index (χ4n) is 2.17. The maximum atomic E-state index is 12.1. The molecular formula is C19H24N4O3. The second kappa shape index (κ2) is 8.44. The number of nitrogens with two attached hydrogens (primary N) is 1. The SMILES string of the molecule is CNC(=O)c1cc(Oc2cc(NC(=O)[C@@H](N)C(C)C)ccc2C)ccn1. The summed E-state index contributed by atoms with van der Waals surface area (Å²) in [6.07, 6.45) is 1.50. The number of pyridine rings is 1. The van der Waals surface area contributed by atoms with Crippen molar-refractivity contribution < 1.29 is 14.3 Å². The molecule has 0 aliphatic heterocycles. The van der Waals surface area contributed by atoms with Crippen molar-refractivity contribution in [3.05, 3.63) is 47.8 Å². The van der Waals surface area contributed by atoms with Gasteiger partial charge in [0.25, 0.3) is 5.91 Å². The van der Waals surface area contributed by atoms with Gasteiger partial charge in [0.2, 0.25) is 5.91 Å². The number of amides is 2. The molecule has 2 rings (SSSR count). The Hall–Kier alpha value is -2.93. The van der Waals surface area contributed by atoms with Gasteiger partial charge in [-0.15, -0.1) is 0 Å². The van der Waals surface area contributed by atoms with Gasteiger partial charge in [0.15, 0.2) is 0 Å². The summed E-state index contributed by atoms with van der Waals surface area (Å²) in [6.45, 7) is 5.67. The summed E-state index contributed by atoms with van der Waals surface area (Å²) in [5.41, 5.74) is 7.60. The molecule has 0 unspecified atom stereocenters. The van der Waals surface area contributed by atoms with Crippen molar-refractivity contribution >= 4 is 17.5 Å². The van der Waals surface area contributed by atoms with E-state index in [1.54, 1.807) is 24.3 Å². The lowest BCUT2D eigenvalue weighted by molar-refractivity contribution is -0.118. The number of nitrogens with one attached hydrogen (secondary N) is 2. The van der Waals surface area contributed by atoms with Gasteiger partial charge in [-0.05, 0) is 30.5 Å². The molecule has 1 aromatic carbocycles. The van der Waals surface area contributed by atoms with Crippen LogP contribution in [0.5, 0.6) is 11.5 Å². The van der Waals surface area contributed by atoms with Crippen molar-refractivity contribution in [3.63, 3.8) is 0 Å². The monoisotopic (exact) mass is 356 g/mol. The highest BCUT2D eigenvalue weighted by Gasteiger charge is 2.17. The number of nitrogens with zero attached hydrogens (tertiary/aromatic N) is 1. The Labute approximate surface area is 153 Å². The molecule has 2 aromatic rings. The molecule has 7 heteroatoms. The van der Waals surface area contributed by atoms with Crippen molar-refractivity contribution in [2.45, 2.75) is 26.8 Å². The lowest BCUT2D eigenvalue weighted by atomic mass is 10.0. The van der Waals surface area contributed by atoms with E-state index in [1.165, 1.54) is 13.2 Å². The lowest BCUT2D eigenvalue weighted by Crippen LogP contribution is -2.39. The summed E-state index contributed by atoms with van der Waals surface area (Å²) in [5, 5.41) is 5.31. The predicted octanol–water partition coefficient (Wildman–Crippen LogP) is 2.46. The number of benzene rings is 1. The Bertz CT molecular complexity index is 805. The quantitative estimate of drug-likeness (QED) is 0.737. The second-order valence-electron chi connectivity index (χ2n) is 6.30. The number of rotatable bonds is 6. The van der Waals surface area contributed by atoms with Crippen molar-refractivity contribution in [1.29, 1.82) is 0 Å². The van der Waals surface area contributed by atoms with Crippen LogP contribution in [0, 0.1) is 12.8 Å². The molecule has 0 aliphatic rings. The van der Waals surface area contributed by atoms with Gasteiger partial charge in [-0.2, -0.15) is 0 Å². The molecule has 0 saturated heterocycles. The van der Waals surface area contributed by atoms with E-state index in [2.05, 4.69) is 15.6 Å². The predicted molar refractivity (Wildman–Crippen MR) is 100 cm³/mol. The number of aryl methyl sites for hydroxylation is 1. The summed E-state index contributed by atoms with van der Waals surface area (Å²) in [5.74, 6) is 0.534. The van der Waals surface area contributed by atoms with Crippen molar-refractivity contribution in [2.75, 3.05) is 12.4 Å². The van der Waals surface area contributed by atoms with Crippen LogP contribution in [0.2, 0.25) is 0 Å². The minimum atomic E-state index is -0.587. The summed E-state index contributed by atoms with van der Waals surface area (Å²) in [4.78, 5) is 27.8. The van der Waals surface area contributed by atoms with E-state index < -0.39 is 6.04 Å². The van der Waals surface area contributed by atoms with Crippen LogP contribution in [0.25, 0.3) is 0 Å². The average Bonchev–Trinajstić information content (AvgIpc) is 2.63. The van der Waals surface area contributed by atoms with E-state index in [0.29, 0.717) is 17.2 Å². The third-order valence-electron chi connectivity index (χ3n) is 3.90.